The summed E-state index contributed by atoms with van der Waals surface area (Å²) in [6.07, 6.45) is 0. The van der Waals surface area contributed by atoms with Gasteiger partial charge >= 0.3 is 0 Å². The Morgan fingerprint density at radius 2 is 1.81 bits per heavy atom. The Morgan fingerprint density at radius 1 is 1.10 bits per heavy atom. The molecule has 5 heteroatoms. The molecule has 0 radical (unpaired) electrons. The van der Waals surface area contributed by atoms with Gasteiger partial charge in [-0.05, 0) is 31.9 Å². The number of hydrogen-bond acceptors (Lipinski definition) is 5. The van der Waals surface area contributed by atoms with Crippen LogP contribution in [-0.4, -0.2) is 30.2 Å². The van der Waals surface area contributed by atoms with Crippen molar-refractivity contribution >= 4 is 17.5 Å². The number of anilines is 3. The van der Waals surface area contributed by atoms with Gasteiger partial charge in [-0.1, -0.05) is 18.2 Å². The van der Waals surface area contributed by atoms with Crippen molar-refractivity contribution < 1.29 is 4.74 Å². The smallest absolute Gasteiger partial charge is 0.224 e. The molecule has 2 N–H and O–H groups in total. The second-order valence-corrected chi connectivity index (χ2v) is 5.03. The molecule has 21 heavy (non-hydrogen) atoms. The van der Waals surface area contributed by atoms with Crippen molar-refractivity contribution in [3.63, 3.8) is 0 Å². The minimum Gasteiger partial charge on any atom is -0.383 e. The van der Waals surface area contributed by atoms with Crippen LogP contribution in [0.5, 0.6) is 0 Å². The van der Waals surface area contributed by atoms with E-state index in [9.17, 15) is 0 Å². The molecule has 2 rings (SSSR count). The zero-order chi connectivity index (χ0) is 15.2. The third-order valence-corrected chi connectivity index (χ3v) is 3.18. The molecule has 0 unspecified atom stereocenters. The second-order valence-electron chi connectivity index (χ2n) is 5.03. The van der Waals surface area contributed by atoms with E-state index in [1.165, 1.54) is 11.1 Å². The molecule has 2 aromatic rings. The van der Waals surface area contributed by atoms with Crippen molar-refractivity contribution in [2.75, 3.05) is 30.9 Å². The second kappa shape index (κ2) is 7.04. The Labute approximate surface area is 125 Å². The molecule has 1 aromatic heterocycles. The van der Waals surface area contributed by atoms with E-state index in [2.05, 4.69) is 52.6 Å². The average molecular weight is 286 g/mol. The summed E-state index contributed by atoms with van der Waals surface area (Å²) in [4.78, 5) is 8.87. The molecule has 0 amide bonds. The van der Waals surface area contributed by atoms with E-state index in [1.54, 1.807) is 7.11 Å². The van der Waals surface area contributed by atoms with E-state index < -0.39 is 0 Å². The standard InChI is InChI=1S/C16H22N4O/c1-11-6-5-7-12(2)15(11)19-14-10-13(3)18-16(20-14)17-8-9-21-4/h5-7,10H,8-9H2,1-4H3,(H2,17,18,19,20). The number of hydrogen-bond donors (Lipinski definition) is 2. The summed E-state index contributed by atoms with van der Waals surface area (Å²) in [5, 5.41) is 6.54. The van der Waals surface area contributed by atoms with Crippen LogP contribution >= 0.6 is 0 Å². The number of benzene rings is 1. The molecule has 0 aliphatic rings. The van der Waals surface area contributed by atoms with Gasteiger partial charge in [0.05, 0.1) is 6.61 Å². The van der Waals surface area contributed by atoms with Gasteiger partial charge in [-0.25, -0.2) is 4.98 Å². The lowest BCUT2D eigenvalue weighted by Gasteiger charge is -2.13. The van der Waals surface area contributed by atoms with Crippen LogP contribution in [0, 0.1) is 20.8 Å². The summed E-state index contributed by atoms with van der Waals surface area (Å²) in [6.45, 7) is 7.43. The lowest BCUT2D eigenvalue weighted by Crippen LogP contribution is -2.11. The van der Waals surface area contributed by atoms with Gasteiger partial charge in [-0.2, -0.15) is 4.98 Å². The predicted molar refractivity (Wildman–Crippen MR) is 86.3 cm³/mol. The highest BCUT2D eigenvalue weighted by Gasteiger charge is 2.06. The third kappa shape index (κ3) is 4.16. The van der Waals surface area contributed by atoms with Crippen LogP contribution in [0.3, 0.4) is 0 Å². The molecule has 0 spiro atoms. The molecule has 0 atom stereocenters. The molecular weight excluding hydrogens is 264 g/mol. The number of aromatic nitrogens is 2. The van der Waals surface area contributed by atoms with Crippen molar-refractivity contribution in [3.05, 3.63) is 41.1 Å². The minimum atomic E-state index is 0.612. The molecule has 1 aromatic carbocycles. The highest BCUT2D eigenvalue weighted by Crippen LogP contribution is 2.24. The van der Waals surface area contributed by atoms with Crippen LogP contribution in [0.25, 0.3) is 0 Å². The van der Waals surface area contributed by atoms with Gasteiger partial charge in [0.25, 0.3) is 0 Å². The van der Waals surface area contributed by atoms with Gasteiger partial charge in [0.15, 0.2) is 0 Å². The molecule has 0 saturated heterocycles. The SMILES string of the molecule is COCCNc1nc(C)cc(Nc2c(C)cccc2C)n1. The first-order valence-corrected chi connectivity index (χ1v) is 7.02. The maximum atomic E-state index is 5.02. The topological polar surface area (TPSA) is 59.1 Å². The first-order chi connectivity index (χ1) is 10.1. The number of aryl methyl sites for hydroxylation is 3. The minimum absolute atomic E-state index is 0.612. The number of nitrogens with one attached hydrogen (secondary N) is 2. The molecule has 0 saturated carbocycles. The van der Waals surface area contributed by atoms with Gasteiger partial charge in [-0.15, -0.1) is 0 Å². The van der Waals surface area contributed by atoms with Gasteiger partial charge in [0.2, 0.25) is 5.95 Å². The summed E-state index contributed by atoms with van der Waals surface area (Å²) < 4.78 is 5.02. The Hall–Kier alpha value is -2.14. The zero-order valence-electron chi connectivity index (χ0n) is 13.0. The predicted octanol–water partition coefficient (Wildman–Crippen LogP) is 3.20. The lowest BCUT2D eigenvalue weighted by molar-refractivity contribution is 0.210. The molecule has 0 bridgehead atoms. The van der Waals surface area contributed by atoms with Gasteiger partial charge in [-0.3, -0.25) is 0 Å². The number of methoxy groups -OCH3 is 1. The molecular formula is C16H22N4O. The first kappa shape index (κ1) is 15.3. The Bertz CT molecular complexity index is 593. The molecule has 112 valence electrons. The summed E-state index contributed by atoms with van der Waals surface area (Å²) in [5.74, 6) is 1.40. The summed E-state index contributed by atoms with van der Waals surface area (Å²) in [5.41, 5.74) is 4.40. The molecule has 5 nitrogen and oxygen atoms in total. The van der Waals surface area contributed by atoms with Crippen molar-refractivity contribution in [2.24, 2.45) is 0 Å². The van der Waals surface area contributed by atoms with E-state index in [4.69, 9.17) is 4.74 Å². The van der Waals surface area contributed by atoms with Gasteiger partial charge in [0, 0.05) is 31.1 Å². The monoisotopic (exact) mass is 286 g/mol. The van der Waals surface area contributed by atoms with Crippen molar-refractivity contribution in [3.8, 4) is 0 Å². The number of ether oxygens (including phenoxy) is 1. The largest absolute Gasteiger partial charge is 0.383 e. The lowest BCUT2D eigenvalue weighted by atomic mass is 10.1. The first-order valence-electron chi connectivity index (χ1n) is 7.02. The fraction of sp³-hybridized carbons (Fsp3) is 0.375. The van der Waals surface area contributed by atoms with E-state index in [1.807, 2.05) is 13.0 Å². The van der Waals surface area contributed by atoms with E-state index in [0.717, 1.165) is 17.2 Å². The van der Waals surface area contributed by atoms with Crippen LogP contribution in [-0.2, 0) is 4.74 Å². The number of nitrogens with zero attached hydrogens (tertiary/aromatic N) is 2. The molecule has 0 aliphatic heterocycles. The van der Waals surface area contributed by atoms with E-state index in [0.29, 0.717) is 19.1 Å². The average Bonchev–Trinajstić information content (AvgIpc) is 2.43. The summed E-state index contributed by atoms with van der Waals surface area (Å²) in [6, 6.07) is 8.16. The quantitative estimate of drug-likeness (QED) is 0.799. The van der Waals surface area contributed by atoms with Crippen LogP contribution in [0.4, 0.5) is 17.5 Å². The van der Waals surface area contributed by atoms with Gasteiger partial charge < -0.3 is 15.4 Å². The zero-order valence-corrected chi connectivity index (χ0v) is 13.0. The maximum absolute atomic E-state index is 5.02. The maximum Gasteiger partial charge on any atom is 0.224 e. The highest BCUT2D eigenvalue weighted by molar-refractivity contribution is 5.65. The number of rotatable bonds is 6. The Balaban J connectivity index is 2.20. The van der Waals surface area contributed by atoms with Crippen LogP contribution in [0.2, 0.25) is 0 Å². The fourth-order valence-corrected chi connectivity index (χ4v) is 2.12. The van der Waals surface area contributed by atoms with Crippen molar-refractivity contribution in [1.29, 1.82) is 0 Å². The van der Waals surface area contributed by atoms with Crippen LogP contribution in [0.15, 0.2) is 24.3 Å². The van der Waals surface area contributed by atoms with Crippen molar-refractivity contribution in [2.45, 2.75) is 20.8 Å². The summed E-state index contributed by atoms with van der Waals surface area (Å²) >= 11 is 0. The molecule has 1 heterocycles. The Morgan fingerprint density at radius 3 is 2.48 bits per heavy atom. The van der Waals surface area contributed by atoms with Crippen LogP contribution in [0.1, 0.15) is 16.8 Å². The number of para-hydroxylation sites is 1. The third-order valence-electron chi connectivity index (χ3n) is 3.18. The highest BCUT2D eigenvalue weighted by atomic mass is 16.5. The molecule has 0 aliphatic carbocycles. The fourth-order valence-electron chi connectivity index (χ4n) is 2.12. The van der Waals surface area contributed by atoms with E-state index >= 15 is 0 Å². The summed E-state index contributed by atoms with van der Waals surface area (Å²) in [7, 11) is 1.67. The normalized spacial score (nSPS) is 10.5. The van der Waals surface area contributed by atoms with Gasteiger partial charge in [0.1, 0.15) is 5.82 Å². The molecule has 0 fully saturated rings. The van der Waals surface area contributed by atoms with E-state index in [-0.39, 0.29) is 0 Å². The van der Waals surface area contributed by atoms with Crippen LogP contribution < -0.4 is 10.6 Å². The Kier molecular flexibility index (Phi) is 5.11. The van der Waals surface area contributed by atoms with Crippen molar-refractivity contribution in [1.82, 2.24) is 9.97 Å².